The molecule has 1 amide bonds. The molecule has 1 heterocycles. The highest BCUT2D eigenvalue weighted by molar-refractivity contribution is 7.92. The molecular weight excluding hydrogens is 288 g/mol. The predicted molar refractivity (Wildman–Crippen MR) is 82.8 cm³/mol. The molecule has 1 aromatic carbocycles. The third-order valence-electron chi connectivity index (χ3n) is 4.10. The standard InChI is InChI=1S/C15H22N2O3S/c1-15(2,21(3,19)20)10-17-14(18)13-9-16-8-11-6-4-5-7-12(11)13/h4-7,13,16H,8-10H2,1-3H3,(H,17,18). The molecule has 1 aliphatic heterocycles. The van der Waals surface area contributed by atoms with E-state index < -0.39 is 14.6 Å². The number of sulfone groups is 1. The van der Waals surface area contributed by atoms with Crippen molar-refractivity contribution in [2.45, 2.75) is 31.1 Å². The van der Waals surface area contributed by atoms with Crippen molar-refractivity contribution < 1.29 is 13.2 Å². The lowest BCUT2D eigenvalue weighted by Crippen LogP contribution is -2.47. The van der Waals surface area contributed by atoms with Gasteiger partial charge in [-0.2, -0.15) is 0 Å². The number of rotatable bonds is 4. The van der Waals surface area contributed by atoms with E-state index in [9.17, 15) is 13.2 Å². The molecule has 1 atom stereocenters. The fourth-order valence-electron chi connectivity index (χ4n) is 2.28. The average molecular weight is 310 g/mol. The molecule has 0 bridgehead atoms. The summed E-state index contributed by atoms with van der Waals surface area (Å²) >= 11 is 0. The van der Waals surface area contributed by atoms with Crippen molar-refractivity contribution in [1.82, 2.24) is 10.6 Å². The molecule has 21 heavy (non-hydrogen) atoms. The second-order valence-corrected chi connectivity index (χ2v) is 8.78. The third-order valence-corrected chi connectivity index (χ3v) is 6.25. The van der Waals surface area contributed by atoms with Crippen LogP contribution in [0, 0.1) is 0 Å². The molecule has 1 unspecified atom stereocenters. The number of carbonyl (C=O) groups is 1. The zero-order chi connectivity index (χ0) is 15.7. The van der Waals surface area contributed by atoms with Gasteiger partial charge in [0.1, 0.15) is 0 Å². The lowest BCUT2D eigenvalue weighted by Gasteiger charge is -2.28. The molecule has 1 aliphatic rings. The van der Waals surface area contributed by atoms with Crippen LogP contribution in [0.3, 0.4) is 0 Å². The molecule has 0 aromatic heterocycles. The maximum atomic E-state index is 12.4. The van der Waals surface area contributed by atoms with Gasteiger partial charge in [0.05, 0.1) is 10.7 Å². The summed E-state index contributed by atoms with van der Waals surface area (Å²) in [4.78, 5) is 12.4. The monoisotopic (exact) mass is 310 g/mol. The smallest absolute Gasteiger partial charge is 0.228 e. The first kappa shape index (κ1) is 16.0. The number of benzene rings is 1. The van der Waals surface area contributed by atoms with Crippen LogP contribution in [0.15, 0.2) is 24.3 Å². The van der Waals surface area contributed by atoms with E-state index in [1.165, 1.54) is 6.26 Å². The predicted octanol–water partition coefficient (Wildman–Crippen LogP) is 0.813. The van der Waals surface area contributed by atoms with Crippen molar-refractivity contribution >= 4 is 15.7 Å². The maximum Gasteiger partial charge on any atom is 0.228 e. The molecule has 0 fully saturated rings. The zero-order valence-electron chi connectivity index (χ0n) is 12.6. The van der Waals surface area contributed by atoms with Crippen molar-refractivity contribution in [2.24, 2.45) is 0 Å². The fourth-order valence-corrected chi connectivity index (χ4v) is 2.62. The van der Waals surface area contributed by atoms with Gasteiger partial charge in [-0.1, -0.05) is 24.3 Å². The number of hydrogen-bond donors (Lipinski definition) is 2. The van der Waals surface area contributed by atoms with Gasteiger partial charge in [0.25, 0.3) is 0 Å². The molecule has 0 spiro atoms. The van der Waals surface area contributed by atoms with Gasteiger partial charge in [0.2, 0.25) is 5.91 Å². The lowest BCUT2D eigenvalue weighted by molar-refractivity contribution is -0.122. The Morgan fingerprint density at radius 2 is 2.05 bits per heavy atom. The number of nitrogens with one attached hydrogen (secondary N) is 2. The molecule has 116 valence electrons. The summed E-state index contributed by atoms with van der Waals surface area (Å²) in [6, 6.07) is 7.84. The first-order valence-corrected chi connectivity index (χ1v) is 8.87. The Bertz CT molecular complexity index is 638. The van der Waals surface area contributed by atoms with Gasteiger partial charge in [-0.25, -0.2) is 8.42 Å². The van der Waals surface area contributed by atoms with Crippen LogP contribution in [0.25, 0.3) is 0 Å². The van der Waals surface area contributed by atoms with Crippen LogP contribution >= 0.6 is 0 Å². The molecule has 5 nitrogen and oxygen atoms in total. The van der Waals surface area contributed by atoms with Crippen molar-refractivity contribution in [2.75, 3.05) is 19.3 Å². The Balaban J connectivity index is 2.09. The SMILES string of the molecule is CC(C)(CNC(=O)C1CNCc2ccccc21)S(C)(=O)=O. The Morgan fingerprint density at radius 3 is 2.71 bits per heavy atom. The zero-order valence-corrected chi connectivity index (χ0v) is 13.5. The number of carbonyl (C=O) groups excluding carboxylic acids is 1. The minimum absolute atomic E-state index is 0.114. The fraction of sp³-hybridized carbons (Fsp3) is 0.533. The number of hydrogen-bond acceptors (Lipinski definition) is 4. The second-order valence-electron chi connectivity index (χ2n) is 6.13. The minimum atomic E-state index is -3.22. The van der Waals surface area contributed by atoms with Gasteiger partial charge < -0.3 is 10.6 Å². The molecule has 6 heteroatoms. The highest BCUT2D eigenvalue weighted by atomic mass is 32.2. The summed E-state index contributed by atoms with van der Waals surface area (Å²) in [6.07, 6.45) is 1.19. The van der Waals surface area contributed by atoms with Gasteiger partial charge in [-0.3, -0.25) is 4.79 Å². The Kier molecular flexibility index (Phi) is 4.39. The van der Waals surface area contributed by atoms with Crippen LogP contribution in [-0.4, -0.2) is 38.4 Å². The highest BCUT2D eigenvalue weighted by Crippen LogP contribution is 2.24. The molecular formula is C15H22N2O3S. The van der Waals surface area contributed by atoms with Gasteiger partial charge in [0, 0.05) is 25.9 Å². The number of amides is 1. The van der Waals surface area contributed by atoms with E-state index in [-0.39, 0.29) is 18.4 Å². The summed E-state index contributed by atoms with van der Waals surface area (Å²) in [5.74, 6) is -0.406. The Labute approximate surface area is 126 Å². The van der Waals surface area contributed by atoms with Crippen LogP contribution in [0.1, 0.15) is 30.9 Å². The first-order valence-electron chi connectivity index (χ1n) is 6.98. The van der Waals surface area contributed by atoms with Crippen molar-refractivity contribution in [3.63, 3.8) is 0 Å². The number of fused-ring (bicyclic) bond motifs is 1. The maximum absolute atomic E-state index is 12.4. The molecule has 2 rings (SSSR count). The van der Waals surface area contributed by atoms with Crippen molar-refractivity contribution in [3.8, 4) is 0 Å². The van der Waals surface area contributed by atoms with E-state index in [0.29, 0.717) is 6.54 Å². The van der Waals surface area contributed by atoms with Gasteiger partial charge in [-0.15, -0.1) is 0 Å². The average Bonchev–Trinajstić information content (AvgIpc) is 2.43. The van der Waals surface area contributed by atoms with Crippen molar-refractivity contribution in [1.29, 1.82) is 0 Å². The van der Waals surface area contributed by atoms with E-state index in [1.54, 1.807) is 13.8 Å². The largest absolute Gasteiger partial charge is 0.354 e. The van der Waals surface area contributed by atoms with Crippen LogP contribution in [0.2, 0.25) is 0 Å². The third kappa shape index (κ3) is 3.44. The summed E-state index contributed by atoms with van der Waals surface area (Å²) in [5.41, 5.74) is 2.14. The second kappa shape index (κ2) is 5.77. The molecule has 0 radical (unpaired) electrons. The van der Waals surface area contributed by atoms with Gasteiger partial charge in [0.15, 0.2) is 9.84 Å². The van der Waals surface area contributed by atoms with E-state index in [0.717, 1.165) is 17.7 Å². The Hall–Kier alpha value is -1.40. The van der Waals surface area contributed by atoms with Gasteiger partial charge >= 0.3 is 0 Å². The van der Waals surface area contributed by atoms with E-state index >= 15 is 0 Å². The molecule has 1 aromatic rings. The minimum Gasteiger partial charge on any atom is -0.354 e. The molecule has 0 saturated heterocycles. The summed E-state index contributed by atoms with van der Waals surface area (Å²) in [5, 5.41) is 6.00. The normalized spacial score (nSPS) is 18.9. The highest BCUT2D eigenvalue weighted by Gasteiger charge is 2.32. The van der Waals surface area contributed by atoms with Crippen LogP contribution in [0.4, 0.5) is 0 Å². The Morgan fingerprint density at radius 1 is 1.38 bits per heavy atom. The topological polar surface area (TPSA) is 75.3 Å². The summed E-state index contributed by atoms with van der Waals surface area (Å²) in [6.45, 7) is 4.69. The van der Waals surface area contributed by atoms with Crippen molar-refractivity contribution in [3.05, 3.63) is 35.4 Å². The van der Waals surface area contributed by atoms with Gasteiger partial charge in [-0.05, 0) is 25.0 Å². The van der Waals surface area contributed by atoms with E-state index in [2.05, 4.69) is 10.6 Å². The first-order chi connectivity index (χ1) is 9.72. The molecule has 0 saturated carbocycles. The molecule has 0 aliphatic carbocycles. The molecule has 2 N–H and O–H groups in total. The quantitative estimate of drug-likeness (QED) is 0.863. The van der Waals surface area contributed by atoms with Crippen LogP contribution < -0.4 is 10.6 Å². The van der Waals surface area contributed by atoms with E-state index in [4.69, 9.17) is 0 Å². The summed E-state index contributed by atoms with van der Waals surface area (Å²) in [7, 11) is -3.22. The summed E-state index contributed by atoms with van der Waals surface area (Å²) < 4.78 is 22.4. The van der Waals surface area contributed by atoms with Crippen LogP contribution in [-0.2, 0) is 21.2 Å². The van der Waals surface area contributed by atoms with Crippen LogP contribution in [0.5, 0.6) is 0 Å². The lowest BCUT2D eigenvalue weighted by atomic mass is 9.90. The van der Waals surface area contributed by atoms with E-state index in [1.807, 2.05) is 24.3 Å².